The molecule has 0 saturated heterocycles. The highest BCUT2D eigenvalue weighted by molar-refractivity contribution is 5.65. The molecule has 2 rings (SSSR count). The van der Waals surface area contributed by atoms with Gasteiger partial charge in [-0.1, -0.05) is 54.1 Å². The maximum absolute atomic E-state index is 10.4. The molecule has 0 bridgehead atoms. The van der Waals surface area contributed by atoms with Crippen molar-refractivity contribution in [1.82, 2.24) is 0 Å². The van der Waals surface area contributed by atoms with Gasteiger partial charge in [-0.05, 0) is 23.6 Å². The zero-order valence-corrected chi connectivity index (χ0v) is 9.31. The SMILES string of the molecule is Cc1ccc(-c2ccc(CC=O)cc2)cc1. The van der Waals surface area contributed by atoms with Crippen LogP contribution >= 0.6 is 0 Å². The van der Waals surface area contributed by atoms with Gasteiger partial charge in [0.25, 0.3) is 0 Å². The molecule has 0 saturated carbocycles. The molecule has 0 N–H and O–H groups in total. The Balaban J connectivity index is 2.27. The molecule has 0 amide bonds. The third kappa shape index (κ3) is 2.37. The van der Waals surface area contributed by atoms with Gasteiger partial charge in [-0.25, -0.2) is 0 Å². The van der Waals surface area contributed by atoms with E-state index in [9.17, 15) is 4.79 Å². The lowest BCUT2D eigenvalue weighted by Gasteiger charge is -2.03. The summed E-state index contributed by atoms with van der Waals surface area (Å²) in [6.07, 6.45) is 1.43. The highest BCUT2D eigenvalue weighted by atomic mass is 16.1. The third-order valence-electron chi connectivity index (χ3n) is 2.66. The van der Waals surface area contributed by atoms with Gasteiger partial charge < -0.3 is 4.79 Å². The van der Waals surface area contributed by atoms with Crippen molar-refractivity contribution in [2.75, 3.05) is 0 Å². The molecule has 0 atom stereocenters. The second kappa shape index (κ2) is 4.75. The summed E-state index contributed by atoms with van der Waals surface area (Å²) in [4.78, 5) is 10.4. The molecule has 0 aliphatic carbocycles. The van der Waals surface area contributed by atoms with E-state index in [-0.39, 0.29) is 0 Å². The van der Waals surface area contributed by atoms with Crippen LogP contribution in [0.5, 0.6) is 0 Å². The van der Waals surface area contributed by atoms with Gasteiger partial charge in [0.1, 0.15) is 6.29 Å². The highest BCUT2D eigenvalue weighted by Gasteiger charge is 1.97. The molecule has 0 fully saturated rings. The van der Waals surface area contributed by atoms with Crippen molar-refractivity contribution in [3.05, 3.63) is 59.7 Å². The summed E-state index contributed by atoms with van der Waals surface area (Å²) in [5.41, 5.74) is 4.73. The number of carbonyl (C=O) groups excluding carboxylic acids is 1. The smallest absolute Gasteiger partial charge is 0.124 e. The van der Waals surface area contributed by atoms with Gasteiger partial charge in [-0.15, -0.1) is 0 Å². The largest absolute Gasteiger partial charge is 0.303 e. The molecular formula is C15H14O. The van der Waals surface area contributed by atoms with E-state index in [0.29, 0.717) is 6.42 Å². The first-order chi connectivity index (χ1) is 7.79. The van der Waals surface area contributed by atoms with Crippen LogP contribution in [0.25, 0.3) is 11.1 Å². The lowest BCUT2D eigenvalue weighted by Crippen LogP contribution is -1.85. The minimum absolute atomic E-state index is 0.494. The quantitative estimate of drug-likeness (QED) is 0.709. The first kappa shape index (κ1) is 10.6. The molecule has 0 aliphatic heterocycles. The predicted molar refractivity (Wildman–Crippen MR) is 66.4 cm³/mol. The Hall–Kier alpha value is -1.89. The average molecular weight is 210 g/mol. The van der Waals surface area contributed by atoms with E-state index >= 15 is 0 Å². The van der Waals surface area contributed by atoms with Crippen molar-refractivity contribution in [3.63, 3.8) is 0 Å². The Morgan fingerprint density at radius 3 is 1.88 bits per heavy atom. The normalized spacial score (nSPS) is 10.1. The number of benzene rings is 2. The Morgan fingerprint density at radius 2 is 1.38 bits per heavy atom. The molecule has 2 aromatic carbocycles. The molecule has 16 heavy (non-hydrogen) atoms. The molecule has 0 spiro atoms. The van der Waals surface area contributed by atoms with Crippen LogP contribution in [0.2, 0.25) is 0 Å². The Morgan fingerprint density at radius 1 is 0.875 bits per heavy atom. The van der Waals surface area contributed by atoms with E-state index < -0.39 is 0 Å². The third-order valence-corrected chi connectivity index (χ3v) is 2.66. The zero-order chi connectivity index (χ0) is 11.4. The summed E-state index contributed by atoms with van der Waals surface area (Å²) < 4.78 is 0. The lowest BCUT2D eigenvalue weighted by atomic mass is 10.0. The summed E-state index contributed by atoms with van der Waals surface area (Å²) in [6, 6.07) is 16.6. The molecule has 1 nitrogen and oxygen atoms in total. The summed E-state index contributed by atoms with van der Waals surface area (Å²) in [6.45, 7) is 2.08. The van der Waals surface area contributed by atoms with Gasteiger partial charge in [-0.3, -0.25) is 0 Å². The molecule has 0 radical (unpaired) electrons. The van der Waals surface area contributed by atoms with E-state index in [1.54, 1.807) is 0 Å². The van der Waals surface area contributed by atoms with Crippen molar-refractivity contribution in [1.29, 1.82) is 0 Å². The molecule has 80 valence electrons. The minimum Gasteiger partial charge on any atom is -0.303 e. The van der Waals surface area contributed by atoms with Gasteiger partial charge in [0, 0.05) is 6.42 Å². The molecule has 1 heteroatoms. The maximum Gasteiger partial charge on any atom is 0.124 e. The molecule has 0 aromatic heterocycles. The van der Waals surface area contributed by atoms with Crippen molar-refractivity contribution in [2.24, 2.45) is 0 Å². The molecule has 0 aliphatic rings. The van der Waals surface area contributed by atoms with Crippen LogP contribution < -0.4 is 0 Å². The van der Waals surface area contributed by atoms with Crippen LogP contribution in [-0.2, 0) is 11.2 Å². The van der Waals surface area contributed by atoms with Crippen LogP contribution in [0.4, 0.5) is 0 Å². The first-order valence-electron chi connectivity index (χ1n) is 5.39. The second-order valence-corrected chi connectivity index (χ2v) is 3.93. The van der Waals surface area contributed by atoms with E-state index in [1.165, 1.54) is 16.7 Å². The van der Waals surface area contributed by atoms with Crippen molar-refractivity contribution in [2.45, 2.75) is 13.3 Å². The van der Waals surface area contributed by atoms with E-state index in [4.69, 9.17) is 0 Å². The number of hydrogen-bond acceptors (Lipinski definition) is 1. The lowest BCUT2D eigenvalue weighted by molar-refractivity contribution is -0.107. The van der Waals surface area contributed by atoms with Crippen LogP contribution in [0.3, 0.4) is 0 Å². The summed E-state index contributed by atoms with van der Waals surface area (Å²) in [5, 5.41) is 0. The van der Waals surface area contributed by atoms with Gasteiger partial charge in [-0.2, -0.15) is 0 Å². The van der Waals surface area contributed by atoms with Gasteiger partial charge in [0.05, 0.1) is 0 Å². The highest BCUT2D eigenvalue weighted by Crippen LogP contribution is 2.20. The van der Waals surface area contributed by atoms with Crippen molar-refractivity contribution in [3.8, 4) is 11.1 Å². The van der Waals surface area contributed by atoms with Crippen molar-refractivity contribution < 1.29 is 4.79 Å². The van der Waals surface area contributed by atoms with Crippen LogP contribution in [-0.4, -0.2) is 6.29 Å². The zero-order valence-electron chi connectivity index (χ0n) is 9.31. The topological polar surface area (TPSA) is 17.1 Å². The second-order valence-electron chi connectivity index (χ2n) is 3.93. The Kier molecular flexibility index (Phi) is 3.16. The van der Waals surface area contributed by atoms with Crippen LogP contribution in [0, 0.1) is 6.92 Å². The molecular weight excluding hydrogens is 196 g/mol. The van der Waals surface area contributed by atoms with E-state index in [1.807, 2.05) is 12.1 Å². The fraction of sp³-hybridized carbons (Fsp3) is 0.133. The number of carbonyl (C=O) groups is 1. The molecule has 2 aromatic rings. The Labute approximate surface area is 95.7 Å². The number of hydrogen-bond donors (Lipinski definition) is 0. The van der Waals surface area contributed by atoms with E-state index in [2.05, 4.69) is 43.3 Å². The fourth-order valence-corrected chi connectivity index (χ4v) is 1.68. The number of aldehydes is 1. The fourth-order valence-electron chi connectivity index (χ4n) is 1.68. The summed E-state index contributed by atoms with van der Waals surface area (Å²) >= 11 is 0. The predicted octanol–water partition coefficient (Wildman–Crippen LogP) is 3.40. The maximum atomic E-state index is 10.4. The number of aryl methyl sites for hydroxylation is 1. The summed E-state index contributed by atoms with van der Waals surface area (Å²) in [5.74, 6) is 0. The Bertz CT molecular complexity index is 466. The minimum atomic E-state index is 0.494. The standard InChI is InChI=1S/C15H14O/c1-12-2-6-14(7-3-12)15-8-4-13(5-9-15)10-11-16/h2-9,11H,10H2,1H3. The van der Waals surface area contributed by atoms with E-state index in [0.717, 1.165) is 11.8 Å². The van der Waals surface area contributed by atoms with Crippen LogP contribution in [0.1, 0.15) is 11.1 Å². The van der Waals surface area contributed by atoms with Gasteiger partial charge in [0.15, 0.2) is 0 Å². The first-order valence-corrected chi connectivity index (χ1v) is 5.39. The molecule has 0 unspecified atom stereocenters. The number of rotatable bonds is 3. The van der Waals surface area contributed by atoms with Gasteiger partial charge >= 0.3 is 0 Å². The monoisotopic (exact) mass is 210 g/mol. The average Bonchev–Trinajstić information content (AvgIpc) is 2.32. The van der Waals surface area contributed by atoms with Crippen LogP contribution in [0.15, 0.2) is 48.5 Å². The molecule has 0 heterocycles. The van der Waals surface area contributed by atoms with Crippen molar-refractivity contribution >= 4 is 6.29 Å². The van der Waals surface area contributed by atoms with Gasteiger partial charge in [0.2, 0.25) is 0 Å². The summed E-state index contributed by atoms with van der Waals surface area (Å²) in [7, 11) is 0.